The largest absolute Gasteiger partial charge is 0.549 e. The molecule has 0 aliphatic carbocycles. The van der Waals surface area contributed by atoms with Crippen molar-refractivity contribution in [3.8, 4) is 0 Å². The quantitative estimate of drug-likeness (QED) is 0.520. The zero-order chi connectivity index (χ0) is 15.5. The molecule has 0 saturated heterocycles. The van der Waals surface area contributed by atoms with Gasteiger partial charge in [-0.25, -0.2) is 0 Å². The van der Waals surface area contributed by atoms with Gasteiger partial charge in [-0.05, 0) is 19.4 Å². The molecule has 1 unspecified atom stereocenters. The summed E-state index contributed by atoms with van der Waals surface area (Å²) in [6, 6.07) is 6.51. The van der Waals surface area contributed by atoms with Gasteiger partial charge in [0.1, 0.15) is 0 Å². The molecule has 5 heteroatoms. The van der Waals surface area contributed by atoms with Gasteiger partial charge in [-0.2, -0.15) is 0 Å². The molecule has 106 valence electrons. The second-order valence-corrected chi connectivity index (χ2v) is 4.85. The van der Waals surface area contributed by atoms with Crippen molar-refractivity contribution in [1.82, 2.24) is 0 Å². The summed E-state index contributed by atoms with van der Waals surface area (Å²) in [5.41, 5.74) is -1.43. The maximum atomic E-state index is 12.1. The fourth-order valence-corrected chi connectivity index (χ4v) is 1.69. The third kappa shape index (κ3) is 3.12. The van der Waals surface area contributed by atoms with Gasteiger partial charge in [0, 0.05) is 17.4 Å². The number of carboxylic acid groups (broad SMARTS) is 2. The first-order valence-corrected chi connectivity index (χ1v) is 5.90. The summed E-state index contributed by atoms with van der Waals surface area (Å²) in [6.07, 6.45) is -0.550. The fourth-order valence-electron chi connectivity index (χ4n) is 1.69. The molecule has 1 aromatic rings. The van der Waals surface area contributed by atoms with Gasteiger partial charge in [0.25, 0.3) is 0 Å². The van der Waals surface area contributed by atoms with Crippen LogP contribution in [0.3, 0.4) is 0 Å². The number of hydrogen-bond acceptors (Lipinski definition) is 5. The highest BCUT2D eigenvalue weighted by molar-refractivity contribution is 6.02. The number of carbonyl (C=O) groups is 3. The molecule has 0 heterocycles. The highest BCUT2D eigenvalue weighted by Crippen LogP contribution is 2.30. The van der Waals surface area contributed by atoms with E-state index in [1.807, 2.05) is 6.92 Å². The van der Waals surface area contributed by atoms with E-state index in [1.54, 1.807) is 24.3 Å². The Hall–Kier alpha value is -2.43. The summed E-state index contributed by atoms with van der Waals surface area (Å²) >= 11 is 0. The normalized spacial score (nSPS) is 13.3. The van der Waals surface area contributed by atoms with Crippen molar-refractivity contribution in [2.24, 2.45) is 5.41 Å². The summed E-state index contributed by atoms with van der Waals surface area (Å²) in [6.45, 7) is 6.11. The number of aryl methyl sites for hydroxylation is 1. The fraction of sp³-hybridized carbons (Fsp3) is 0.267. The van der Waals surface area contributed by atoms with Gasteiger partial charge in [-0.1, -0.05) is 36.4 Å². The van der Waals surface area contributed by atoms with Crippen LogP contribution in [0.2, 0.25) is 0 Å². The van der Waals surface area contributed by atoms with E-state index < -0.39 is 35.1 Å². The van der Waals surface area contributed by atoms with Gasteiger partial charge in [-0.15, -0.1) is 0 Å². The van der Waals surface area contributed by atoms with E-state index in [0.717, 1.165) is 12.5 Å². The topological polar surface area (TPSA) is 97.3 Å². The van der Waals surface area contributed by atoms with Crippen LogP contribution in [-0.4, -0.2) is 17.7 Å². The van der Waals surface area contributed by atoms with Crippen LogP contribution in [0.4, 0.5) is 0 Å². The molecule has 1 rings (SSSR count). The Morgan fingerprint density at radius 2 is 1.65 bits per heavy atom. The van der Waals surface area contributed by atoms with E-state index in [4.69, 9.17) is 0 Å². The molecule has 0 fully saturated rings. The van der Waals surface area contributed by atoms with Gasteiger partial charge in [0.15, 0.2) is 5.78 Å². The minimum atomic E-state index is -2.00. The maximum Gasteiger partial charge on any atom is 0.164 e. The Morgan fingerprint density at radius 3 is 2.05 bits per heavy atom. The molecule has 0 amide bonds. The summed E-state index contributed by atoms with van der Waals surface area (Å²) in [5, 5.41) is 22.0. The first-order chi connectivity index (χ1) is 9.18. The van der Waals surface area contributed by atoms with Crippen molar-refractivity contribution in [2.75, 3.05) is 0 Å². The molecular weight excluding hydrogens is 260 g/mol. The average molecular weight is 274 g/mol. The molecule has 5 nitrogen and oxygen atoms in total. The molecule has 0 aliphatic rings. The van der Waals surface area contributed by atoms with Crippen molar-refractivity contribution < 1.29 is 24.6 Å². The molecule has 0 spiro atoms. The Balaban J connectivity index is 3.05. The monoisotopic (exact) mass is 274 g/mol. The van der Waals surface area contributed by atoms with Gasteiger partial charge in [-0.3, -0.25) is 4.79 Å². The second kappa shape index (κ2) is 5.69. The molecule has 0 N–H and O–H groups in total. The molecule has 20 heavy (non-hydrogen) atoms. The number of benzene rings is 1. The third-order valence-electron chi connectivity index (χ3n) is 3.25. The standard InChI is InChI=1S/C15H16O5/c1-9-4-6-11(7-5-9)12(16)8-15(3,14(19)20)10(2)13(17)18/h4-7H,2,8H2,1,3H3,(H,17,18)(H,19,20)/p-2. The Labute approximate surface area is 116 Å². The molecule has 1 atom stereocenters. The summed E-state index contributed by atoms with van der Waals surface area (Å²) in [7, 11) is 0. The highest BCUT2D eigenvalue weighted by atomic mass is 16.4. The third-order valence-corrected chi connectivity index (χ3v) is 3.25. The molecule has 0 aliphatic heterocycles. The SMILES string of the molecule is C=C(C(=O)[O-])C(C)(CC(=O)c1ccc(C)cc1)C(=O)[O-]. The maximum absolute atomic E-state index is 12.1. The van der Waals surface area contributed by atoms with Crippen LogP contribution in [0.25, 0.3) is 0 Å². The van der Waals surface area contributed by atoms with Crippen LogP contribution in [0.5, 0.6) is 0 Å². The van der Waals surface area contributed by atoms with E-state index in [0.29, 0.717) is 5.56 Å². The minimum Gasteiger partial charge on any atom is -0.549 e. The van der Waals surface area contributed by atoms with Gasteiger partial charge in [0.05, 0.1) is 11.9 Å². The smallest absolute Gasteiger partial charge is 0.164 e. The molecule has 0 bridgehead atoms. The van der Waals surface area contributed by atoms with Crippen LogP contribution in [-0.2, 0) is 9.59 Å². The zero-order valence-electron chi connectivity index (χ0n) is 11.3. The van der Waals surface area contributed by atoms with Gasteiger partial charge < -0.3 is 19.8 Å². The number of carbonyl (C=O) groups excluding carboxylic acids is 3. The predicted octanol–water partition coefficient (Wildman–Crippen LogP) is -0.370. The van der Waals surface area contributed by atoms with Crippen molar-refractivity contribution in [3.63, 3.8) is 0 Å². The number of ketones is 1. The van der Waals surface area contributed by atoms with Crippen LogP contribution in [0, 0.1) is 12.3 Å². The van der Waals surface area contributed by atoms with Crippen molar-refractivity contribution in [3.05, 3.63) is 47.5 Å². The van der Waals surface area contributed by atoms with Crippen LogP contribution >= 0.6 is 0 Å². The minimum absolute atomic E-state index is 0.300. The zero-order valence-corrected chi connectivity index (χ0v) is 11.3. The van der Waals surface area contributed by atoms with Crippen molar-refractivity contribution in [2.45, 2.75) is 20.3 Å². The summed E-state index contributed by atoms with van der Waals surface area (Å²) < 4.78 is 0. The van der Waals surface area contributed by atoms with Crippen LogP contribution in [0.1, 0.15) is 29.3 Å². The first kappa shape index (κ1) is 15.6. The van der Waals surface area contributed by atoms with E-state index >= 15 is 0 Å². The lowest BCUT2D eigenvalue weighted by atomic mass is 9.77. The lowest BCUT2D eigenvalue weighted by Crippen LogP contribution is -2.47. The van der Waals surface area contributed by atoms with Crippen molar-refractivity contribution in [1.29, 1.82) is 0 Å². The van der Waals surface area contributed by atoms with Crippen molar-refractivity contribution >= 4 is 17.7 Å². The van der Waals surface area contributed by atoms with Gasteiger partial charge in [0.2, 0.25) is 0 Å². The highest BCUT2D eigenvalue weighted by Gasteiger charge is 2.33. The van der Waals surface area contributed by atoms with E-state index in [2.05, 4.69) is 6.58 Å². The molecular formula is C15H14O5-2. The summed E-state index contributed by atoms with van der Waals surface area (Å²) in [5.74, 6) is -3.89. The number of Topliss-reactive ketones (excluding diaryl/α,β-unsaturated/α-hetero) is 1. The molecule has 0 aromatic heterocycles. The Morgan fingerprint density at radius 1 is 1.15 bits per heavy atom. The molecule has 1 aromatic carbocycles. The molecule has 0 saturated carbocycles. The summed E-state index contributed by atoms with van der Waals surface area (Å²) in [4.78, 5) is 34.0. The Bertz CT molecular complexity index is 570. The van der Waals surface area contributed by atoms with E-state index in [9.17, 15) is 24.6 Å². The number of carboxylic acids is 2. The average Bonchev–Trinajstić information content (AvgIpc) is 2.37. The van der Waals surface area contributed by atoms with Gasteiger partial charge >= 0.3 is 0 Å². The Kier molecular flexibility index (Phi) is 4.45. The number of rotatable bonds is 6. The predicted molar refractivity (Wildman–Crippen MR) is 67.4 cm³/mol. The van der Waals surface area contributed by atoms with Crippen LogP contribution < -0.4 is 10.2 Å². The van der Waals surface area contributed by atoms with E-state index in [-0.39, 0.29) is 0 Å². The van der Waals surface area contributed by atoms with E-state index in [1.165, 1.54) is 0 Å². The van der Waals surface area contributed by atoms with Crippen LogP contribution in [0.15, 0.2) is 36.4 Å². The lowest BCUT2D eigenvalue weighted by Gasteiger charge is -2.32. The first-order valence-electron chi connectivity index (χ1n) is 5.90. The second-order valence-electron chi connectivity index (χ2n) is 4.85. The number of aliphatic carboxylic acids is 2. The molecule has 0 radical (unpaired) electrons. The number of hydrogen-bond donors (Lipinski definition) is 0. The lowest BCUT2D eigenvalue weighted by molar-refractivity contribution is -0.320.